The van der Waals surface area contributed by atoms with Crippen LogP contribution in [0.25, 0.3) is 0 Å². The normalized spacial score (nSPS) is 21.4. The predicted molar refractivity (Wildman–Crippen MR) is 66.4 cm³/mol. The van der Waals surface area contributed by atoms with Gasteiger partial charge in [0.2, 0.25) is 0 Å². The molecule has 1 unspecified atom stereocenters. The Morgan fingerprint density at radius 1 is 1.59 bits per heavy atom. The van der Waals surface area contributed by atoms with E-state index >= 15 is 0 Å². The summed E-state index contributed by atoms with van der Waals surface area (Å²) >= 11 is 0. The average molecular weight is 281 g/mol. The van der Waals surface area contributed by atoms with Crippen molar-refractivity contribution in [3.05, 3.63) is 12.3 Å². The second-order valence-corrected chi connectivity index (χ2v) is 5.78. The van der Waals surface area contributed by atoms with Gasteiger partial charge in [-0.2, -0.15) is 9.40 Å². The molecule has 0 saturated carbocycles. The highest BCUT2D eigenvalue weighted by Crippen LogP contribution is 2.24. The maximum Gasteiger partial charge on any atom is 0.260 e. The van der Waals surface area contributed by atoms with Gasteiger partial charge < -0.3 is 5.73 Å². The smallest absolute Gasteiger partial charge is 0.260 e. The first kappa shape index (κ1) is 14.4. The first-order valence-electron chi connectivity index (χ1n) is 5.27. The number of aryl methyl sites for hydroxylation is 1. The molecule has 17 heavy (non-hydrogen) atoms. The molecule has 2 rings (SSSR count). The molecule has 0 radical (unpaired) electrons. The molecule has 6 nitrogen and oxygen atoms in total. The zero-order chi connectivity index (χ0) is 11.8. The largest absolute Gasteiger partial charge is 0.329 e. The quantitative estimate of drug-likeness (QED) is 0.842. The van der Waals surface area contributed by atoms with Gasteiger partial charge in [0.15, 0.2) is 5.03 Å². The third-order valence-corrected chi connectivity index (χ3v) is 4.97. The van der Waals surface area contributed by atoms with Crippen LogP contribution in [-0.4, -0.2) is 41.6 Å². The van der Waals surface area contributed by atoms with Crippen molar-refractivity contribution in [2.75, 3.05) is 13.1 Å². The first-order chi connectivity index (χ1) is 7.57. The minimum absolute atomic E-state index is 0. The van der Waals surface area contributed by atoms with E-state index in [-0.39, 0.29) is 23.5 Å². The summed E-state index contributed by atoms with van der Waals surface area (Å²) in [7, 11) is -1.81. The van der Waals surface area contributed by atoms with E-state index in [1.54, 1.807) is 7.05 Å². The number of hydrogen-bond acceptors (Lipinski definition) is 4. The Morgan fingerprint density at radius 2 is 2.29 bits per heavy atom. The summed E-state index contributed by atoms with van der Waals surface area (Å²) in [6, 6.07) is 1.45. The fraction of sp³-hybridized carbons (Fsp3) is 0.667. The number of nitrogens with two attached hydrogens (primary N) is 1. The van der Waals surface area contributed by atoms with Crippen LogP contribution in [0.3, 0.4) is 0 Å². The van der Waals surface area contributed by atoms with E-state index in [0.29, 0.717) is 13.1 Å². The van der Waals surface area contributed by atoms with Crippen molar-refractivity contribution in [2.45, 2.75) is 23.9 Å². The Hall–Kier alpha value is -0.630. The highest BCUT2D eigenvalue weighted by atomic mass is 35.5. The lowest BCUT2D eigenvalue weighted by atomic mass is 10.2. The summed E-state index contributed by atoms with van der Waals surface area (Å²) in [6.07, 6.45) is 3.20. The van der Waals surface area contributed by atoms with Gasteiger partial charge in [0.1, 0.15) is 0 Å². The number of hydrogen-bond donors (Lipinski definition) is 1. The molecular weight excluding hydrogens is 264 g/mol. The van der Waals surface area contributed by atoms with Crippen LogP contribution in [0.15, 0.2) is 17.3 Å². The van der Waals surface area contributed by atoms with Gasteiger partial charge in [0.05, 0.1) is 6.20 Å². The van der Waals surface area contributed by atoms with Crippen molar-refractivity contribution >= 4 is 22.4 Å². The fourth-order valence-electron chi connectivity index (χ4n) is 2.10. The minimum Gasteiger partial charge on any atom is -0.329 e. The number of rotatable bonds is 3. The van der Waals surface area contributed by atoms with Gasteiger partial charge >= 0.3 is 0 Å². The SMILES string of the molecule is Cl.Cn1nccc1S(=O)(=O)N1CCCC1CN. The maximum absolute atomic E-state index is 12.3. The molecule has 1 fully saturated rings. The maximum atomic E-state index is 12.3. The van der Waals surface area contributed by atoms with E-state index in [1.807, 2.05) is 0 Å². The molecule has 1 saturated heterocycles. The summed E-state index contributed by atoms with van der Waals surface area (Å²) in [6.45, 7) is 0.923. The van der Waals surface area contributed by atoms with Gasteiger partial charge in [-0.15, -0.1) is 12.4 Å². The van der Waals surface area contributed by atoms with Gasteiger partial charge in [-0.05, 0) is 18.9 Å². The van der Waals surface area contributed by atoms with Crippen molar-refractivity contribution in [2.24, 2.45) is 12.8 Å². The topological polar surface area (TPSA) is 81.2 Å². The molecule has 98 valence electrons. The Balaban J connectivity index is 0.00000144. The molecule has 0 aromatic carbocycles. The van der Waals surface area contributed by atoms with E-state index in [1.165, 1.54) is 21.3 Å². The van der Waals surface area contributed by atoms with E-state index in [0.717, 1.165) is 12.8 Å². The summed E-state index contributed by atoms with van der Waals surface area (Å²) < 4.78 is 27.5. The van der Waals surface area contributed by atoms with E-state index in [2.05, 4.69) is 5.10 Å². The number of aromatic nitrogens is 2. The summed E-state index contributed by atoms with van der Waals surface area (Å²) in [5.74, 6) is 0. The highest BCUT2D eigenvalue weighted by Gasteiger charge is 2.35. The molecular formula is C9H17ClN4O2S. The van der Waals surface area contributed by atoms with Gasteiger partial charge in [-0.3, -0.25) is 4.68 Å². The molecule has 2 heterocycles. The lowest BCUT2D eigenvalue weighted by Gasteiger charge is -2.22. The molecule has 2 N–H and O–H groups in total. The van der Waals surface area contributed by atoms with Crippen molar-refractivity contribution in [1.82, 2.24) is 14.1 Å². The predicted octanol–water partition coefficient (Wildman–Crippen LogP) is -0.0463. The van der Waals surface area contributed by atoms with Crippen molar-refractivity contribution in [1.29, 1.82) is 0 Å². The van der Waals surface area contributed by atoms with E-state index in [9.17, 15) is 8.42 Å². The van der Waals surface area contributed by atoms with Crippen LogP contribution < -0.4 is 5.73 Å². The lowest BCUT2D eigenvalue weighted by Crippen LogP contribution is -2.40. The molecule has 0 amide bonds. The van der Waals surface area contributed by atoms with Crippen LogP contribution in [-0.2, 0) is 17.1 Å². The molecule has 0 bridgehead atoms. The third kappa shape index (κ3) is 2.47. The molecule has 0 aliphatic carbocycles. The zero-order valence-electron chi connectivity index (χ0n) is 9.61. The number of halogens is 1. The summed E-state index contributed by atoms with van der Waals surface area (Å²) in [5, 5.41) is 4.11. The Bertz CT molecular complexity index is 473. The van der Waals surface area contributed by atoms with Gasteiger partial charge in [0.25, 0.3) is 10.0 Å². The second-order valence-electron chi connectivity index (χ2n) is 3.94. The Morgan fingerprint density at radius 3 is 2.82 bits per heavy atom. The van der Waals surface area contributed by atoms with Gasteiger partial charge in [0, 0.05) is 26.2 Å². The van der Waals surface area contributed by atoms with Crippen molar-refractivity contribution < 1.29 is 8.42 Å². The molecule has 1 aromatic rings. The molecule has 1 aliphatic heterocycles. The highest BCUT2D eigenvalue weighted by molar-refractivity contribution is 7.89. The lowest BCUT2D eigenvalue weighted by molar-refractivity contribution is 0.388. The average Bonchev–Trinajstić information content (AvgIpc) is 2.85. The third-order valence-electron chi connectivity index (χ3n) is 2.94. The first-order valence-corrected chi connectivity index (χ1v) is 6.71. The van der Waals surface area contributed by atoms with Crippen LogP contribution in [0.5, 0.6) is 0 Å². The molecule has 1 atom stereocenters. The zero-order valence-corrected chi connectivity index (χ0v) is 11.2. The number of sulfonamides is 1. The fourth-order valence-corrected chi connectivity index (χ4v) is 3.90. The second kappa shape index (κ2) is 5.34. The molecule has 0 spiro atoms. The Labute approximate surface area is 107 Å². The van der Waals surface area contributed by atoms with Crippen LogP contribution in [0.4, 0.5) is 0 Å². The van der Waals surface area contributed by atoms with Crippen molar-refractivity contribution in [3.8, 4) is 0 Å². The summed E-state index contributed by atoms with van der Waals surface area (Å²) in [4.78, 5) is 0. The summed E-state index contributed by atoms with van der Waals surface area (Å²) in [5.41, 5.74) is 5.58. The van der Waals surface area contributed by atoms with Gasteiger partial charge in [-0.25, -0.2) is 8.42 Å². The Kier molecular flexibility index (Phi) is 4.54. The molecule has 8 heteroatoms. The molecule has 1 aliphatic rings. The van der Waals surface area contributed by atoms with Crippen LogP contribution in [0, 0.1) is 0 Å². The van der Waals surface area contributed by atoms with Crippen LogP contribution in [0.1, 0.15) is 12.8 Å². The minimum atomic E-state index is -3.43. The van der Waals surface area contributed by atoms with Crippen LogP contribution >= 0.6 is 12.4 Å². The van der Waals surface area contributed by atoms with E-state index in [4.69, 9.17) is 5.73 Å². The van der Waals surface area contributed by atoms with Gasteiger partial charge in [-0.1, -0.05) is 0 Å². The van der Waals surface area contributed by atoms with Crippen molar-refractivity contribution in [3.63, 3.8) is 0 Å². The number of nitrogens with zero attached hydrogens (tertiary/aromatic N) is 3. The monoisotopic (exact) mass is 280 g/mol. The van der Waals surface area contributed by atoms with Crippen LogP contribution in [0.2, 0.25) is 0 Å². The van der Waals surface area contributed by atoms with E-state index < -0.39 is 10.0 Å². The molecule has 1 aromatic heterocycles. The standard InChI is InChI=1S/C9H16N4O2S.ClH/c1-12-9(4-5-11-12)16(14,15)13-6-2-3-8(13)7-10;/h4-5,8H,2-3,6-7,10H2,1H3;1H.